The van der Waals surface area contributed by atoms with Crippen molar-refractivity contribution < 1.29 is 14.8 Å². The summed E-state index contributed by atoms with van der Waals surface area (Å²) >= 11 is 0. The van der Waals surface area contributed by atoms with Crippen molar-refractivity contribution in [3.05, 3.63) is 33.9 Å². The minimum Gasteiger partial charge on any atom is -0.393 e. The van der Waals surface area contributed by atoms with Gasteiger partial charge in [0.05, 0.1) is 16.6 Å². The second-order valence-corrected chi connectivity index (χ2v) is 5.08. The smallest absolute Gasteiger partial charge is 0.294 e. The Balaban J connectivity index is 2.15. The number of carbonyl (C=O) groups excluding carboxylic acids is 1. The maximum absolute atomic E-state index is 12.3. The molecule has 0 spiro atoms. The van der Waals surface area contributed by atoms with Crippen molar-refractivity contribution in [3.8, 4) is 0 Å². The number of nitro groups is 1. The number of para-hydroxylation sites is 1. The van der Waals surface area contributed by atoms with Crippen LogP contribution in [0.15, 0.2) is 18.2 Å². The first-order valence-corrected chi connectivity index (χ1v) is 6.76. The van der Waals surface area contributed by atoms with Gasteiger partial charge in [0.25, 0.3) is 11.6 Å². The molecule has 0 saturated heterocycles. The van der Waals surface area contributed by atoms with Crippen molar-refractivity contribution in [1.29, 1.82) is 0 Å². The summed E-state index contributed by atoms with van der Waals surface area (Å²) in [7, 11) is 0. The van der Waals surface area contributed by atoms with Crippen LogP contribution in [0.4, 0.5) is 11.4 Å². The van der Waals surface area contributed by atoms with E-state index in [-0.39, 0.29) is 29.1 Å². The lowest BCUT2D eigenvalue weighted by atomic mass is 9.93. The molecule has 5 N–H and O–H groups in total. The first-order chi connectivity index (χ1) is 10.0. The van der Waals surface area contributed by atoms with E-state index in [9.17, 15) is 20.0 Å². The zero-order valence-electron chi connectivity index (χ0n) is 11.4. The molecule has 1 aliphatic carbocycles. The maximum Gasteiger partial charge on any atom is 0.294 e. The summed E-state index contributed by atoms with van der Waals surface area (Å²) in [5, 5.41) is 23.2. The number of benzene rings is 1. The number of nitrogens with two attached hydrogens (primary N) is 1. The highest BCUT2D eigenvalue weighted by Gasteiger charge is 2.25. The number of rotatable bonds is 4. The molecule has 8 nitrogen and oxygen atoms in total. The van der Waals surface area contributed by atoms with Crippen molar-refractivity contribution in [2.45, 2.75) is 37.8 Å². The van der Waals surface area contributed by atoms with E-state index in [1.165, 1.54) is 18.2 Å². The number of nitrogens with zero attached hydrogens (tertiary/aromatic N) is 1. The lowest BCUT2D eigenvalue weighted by Gasteiger charge is -2.26. The third-order valence-electron chi connectivity index (χ3n) is 3.66. The Hall–Kier alpha value is -2.19. The van der Waals surface area contributed by atoms with Crippen molar-refractivity contribution in [1.82, 2.24) is 5.32 Å². The van der Waals surface area contributed by atoms with Crippen LogP contribution in [0.2, 0.25) is 0 Å². The molecule has 1 fully saturated rings. The lowest BCUT2D eigenvalue weighted by molar-refractivity contribution is -0.384. The summed E-state index contributed by atoms with van der Waals surface area (Å²) in [5.74, 6) is 4.90. The van der Waals surface area contributed by atoms with Gasteiger partial charge in [-0.15, -0.1) is 0 Å². The minimum absolute atomic E-state index is 0.00385. The third kappa shape index (κ3) is 3.47. The van der Waals surface area contributed by atoms with Crippen LogP contribution >= 0.6 is 0 Å². The van der Waals surface area contributed by atoms with Gasteiger partial charge < -0.3 is 15.8 Å². The SMILES string of the molecule is NNc1c(C(=O)NC2CCC(O)CC2)cccc1[N+](=O)[O-]. The van der Waals surface area contributed by atoms with E-state index in [0.717, 1.165) is 0 Å². The second kappa shape index (κ2) is 6.51. The van der Waals surface area contributed by atoms with Gasteiger partial charge in [-0.05, 0) is 31.7 Å². The molecular weight excluding hydrogens is 276 g/mol. The Morgan fingerprint density at radius 3 is 2.57 bits per heavy atom. The summed E-state index contributed by atoms with van der Waals surface area (Å²) in [6.07, 6.45) is 2.35. The molecule has 2 rings (SSSR count). The summed E-state index contributed by atoms with van der Waals surface area (Å²) < 4.78 is 0. The highest BCUT2D eigenvalue weighted by Crippen LogP contribution is 2.28. The molecule has 8 heteroatoms. The Morgan fingerprint density at radius 1 is 1.33 bits per heavy atom. The van der Waals surface area contributed by atoms with E-state index in [1.54, 1.807) is 0 Å². The topological polar surface area (TPSA) is 131 Å². The Kier molecular flexibility index (Phi) is 4.71. The molecule has 0 aliphatic heterocycles. The molecule has 21 heavy (non-hydrogen) atoms. The Morgan fingerprint density at radius 2 is 2.00 bits per heavy atom. The Labute approximate surface area is 121 Å². The van der Waals surface area contributed by atoms with Gasteiger partial charge >= 0.3 is 0 Å². The zero-order valence-corrected chi connectivity index (χ0v) is 11.4. The quantitative estimate of drug-likeness (QED) is 0.371. The number of anilines is 1. The fourth-order valence-electron chi connectivity index (χ4n) is 2.52. The number of aliphatic hydroxyl groups excluding tert-OH is 1. The predicted octanol–water partition coefficient (Wildman–Crippen LogP) is 0.914. The fourth-order valence-corrected chi connectivity index (χ4v) is 2.52. The number of hydrogen-bond acceptors (Lipinski definition) is 6. The zero-order chi connectivity index (χ0) is 15.4. The van der Waals surface area contributed by atoms with E-state index in [2.05, 4.69) is 10.7 Å². The van der Waals surface area contributed by atoms with Crippen molar-refractivity contribution in [3.63, 3.8) is 0 Å². The summed E-state index contributed by atoms with van der Waals surface area (Å²) in [6.45, 7) is 0. The van der Waals surface area contributed by atoms with E-state index in [1.807, 2.05) is 0 Å². The highest BCUT2D eigenvalue weighted by atomic mass is 16.6. The lowest BCUT2D eigenvalue weighted by Crippen LogP contribution is -2.39. The van der Waals surface area contributed by atoms with Gasteiger partial charge in [-0.25, -0.2) is 0 Å². The molecule has 0 heterocycles. The van der Waals surface area contributed by atoms with E-state index in [0.29, 0.717) is 25.7 Å². The number of amides is 1. The van der Waals surface area contributed by atoms with Gasteiger partial charge in [-0.2, -0.15) is 0 Å². The average Bonchev–Trinajstić information content (AvgIpc) is 2.48. The van der Waals surface area contributed by atoms with Crippen molar-refractivity contribution in [2.24, 2.45) is 5.84 Å². The van der Waals surface area contributed by atoms with Gasteiger partial charge in [-0.1, -0.05) is 6.07 Å². The molecule has 1 saturated carbocycles. The molecule has 1 amide bonds. The molecule has 0 bridgehead atoms. The number of aliphatic hydroxyl groups is 1. The monoisotopic (exact) mass is 294 g/mol. The molecule has 0 aromatic heterocycles. The normalized spacial score (nSPS) is 21.6. The number of nitro benzene ring substituents is 1. The van der Waals surface area contributed by atoms with Crippen LogP contribution in [0.25, 0.3) is 0 Å². The third-order valence-corrected chi connectivity index (χ3v) is 3.66. The van der Waals surface area contributed by atoms with Crippen molar-refractivity contribution in [2.75, 3.05) is 5.43 Å². The van der Waals surface area contributed by atoms with Crippen LogP contribution in [0.1, 0.15) is 36.0 Å². The van der Waals surface area contributed by atoms with Crippen LogP contribution in [0.5, 0.6) is 0 Å². The summed E-state index contributed by atoms with van der Waals surface area (Å²) in [5.41, 5.74) is 2.12. The highest BCUT2D eigenvalue weighted by molar-refractivity contribution is 6.01. The van der Waals surface area contributed by atoms with Crippen LogP contribution in [0.3, 0.4) is 0 Å². The second-order valence-electron chi connectivity index (χ2n) is 5.08. The van der Waals surface area contributed by atoms with Crippen LogP contribution in [-0.2, 0) is 0 Å². The van der Waals surface area contributed by atoms with Gasteiger partial charge in [0, 0.05) is 12.1 Å². The summed E-state index contributed by atoms with van der Waals surface area (Å²) in [4.78, 5) is 22.6. The minimum atomic E-state index is -0.594. The number of carbonyl (C=O) groups is 1. The molecule has 1 aromatic rings. The predicted molar refractivity (Wildman–Crippen MR) is 76.6 cm³/mol. The van der Waals surface area contributed by atoms with E-state index < -0.39 is 10.8 Å². The number of nitrogen functional groups attached to an aromatic ring is 1. The number of hydrazine groups is 1. The molecule has 1 aromatic carbocycles. The molecule has 0 unspecified atom stereocenters. The van der Waals surface area contributed by atoms with Crippen LogP contribution in [-0.4, -0.2) is 28.1 Å². The molecule has 0 radical (unpaired) electrons. The fraction of sp³-hybridized carbons (Fsp3) is 0.462. The molecule has 1 aliphatic rings. The Bertz CT molecular complexity index is 541. The van der Waals surface area contributed by atoms with E-state index in [4.69, 9.17) is 5.84 Å². The largest absolute Gasteiger partial charge is 0.393 e. The molecular formula is C13H18N4O4. The van der Waals surface area contributed by atoms with Crippen LogP contribution < -0.4 is 16.6 Å². The molecule has 0 atom stereocenters. The van der Waals surface area contributed by atoms with Crippen molar-refractivity contribution >= 4 is 17.3 Å². The summed E-state index contributed by atoms with van der Waals surface area (Å²) in [6, 6.07) is 4.17. The van der Waals surface area contributed by atoms with E-state index >= 15 is 0 Å². The molecule has 114 valence electrons. The standard InChI is InChI=1S/C13H18N4O4/c14-16-12-10(2-1-3-11(12)17(20)21)13(19)15-8-4-6-9(18)7-5-8/h1-3,8-9,16,18H,4-7,14H2,(H,15,19). The number of nitrogens with one attached hydrogen (secondary N) is 2. The first kappa shape index (κ1) is 15.2. The first-order valence-electron chi connectivity index (χ1n) is 6.76. The van der Waals surface area contributed by atoms with Gasteiger partial charge in [-0.3, -0.25) is 20.8 Å². The van der Waals surface area contributed by atoms with Gasteiger partial charge in [0.1, 0.15) is 5.69 Å². The van der Waals surface area contributed by atoms with Gasteiger partial charge in [0.2, 0.25) is 0 Å². The number of hydrogen-bond donors (Lipinski definition) is 4. The van der Waals surface area contributed by atoms with Gasteiger partial charge in [0.15, 0.2) is 0 Å². The maximum atomic E-state index is 12.3. The average molecular weight is 294 g/mol. The van der Waals surface area contributed by atoms with Crippen LogP contribution in [0, 0.1) is 10.1 Å².